The summed E-state index contributed by atoms with van der Waals surface area (Å²) in [4.78, 5) is 10.4. The van der Waals surface area contributed by atoms with E-state index in [4.69, 9.17) is 5.41 Å². The maximum atomic E-state index is 10.9. The Kier molecular flexibility index (Phi) is 5.13. The number of nitrogens with one attached hydrogen (secondary N) is 3. The molecule has 2 aromatic rings. The summed E-state index contributed by atoms with van der Waals surface area (Å²) < 4.78 is 3.90. The maximum absolute atomic E-state index is 10.9. The van der Waals surface area contributed by atoms with Crippen molar-refractivity contribution in [3.8, 4) is 5.88 Å². The van der Waals surface area contributed by atoms with E-state index in [2.05, 4.69) is 15.0 Å². The third-order valence-corrected chi connectivity index (χ3v) is 4.95. The molecule has 0 amide bonds. The average Bonchev–Trinajstić information content (AvgIpc) is 2.96. The van der Waals surface area contributed by atoms with E-state index < -0.39 is 4.92 Å². The van der Waals surface area contributed by atoms with Gasteiger partial charge in [-0.15, -0.1) is 0 Å². The topological polar surface area (TPSA) is 124 Å². The van der Waals surface area contributed by atoms with Crippen molar-refractivity contribution >= 4 is 33.7 Å². The molecule has 1 saturated carbocycles. The van der Waals surface area contributed by atoms with Crippen LogP contribution >= 0.6 is 11.5 Å². The van der Waals surface area contributed by atoms with Gasteiger partial charge in [-0.3, -0.25) is 15.5 Å². The lowest BCUT2D eigenvalue weighted by atomic mass is 9.95. The Morgan fingerprint density at radius 2 is 2.12 bits per heavy atom. The van der Waals surface area contributed by atoms with E-state index in [0.29, 0.717) is 16.3 Å². The molecule has 1 aromatic carbocycles. The number of nitro benzene ring substituents is 1. The number of rotatable bonds is 5. The summed E-state index contributed by atoms with van der Waals surface area (Å²) in [5.41, 5.74) is 0.766. The molecule has 0 spiro atoms. The summed E-state index contributed by atoms with van der Waals surface area (Å²) in [7, 11) is 0. The second-order valence-electron chi connectivity index (χ2n) is 6.00. The first-order valence-corrected chi connectivity index (χ1v) is 8.87. The van der Waals surface area contributed by atoms with Crippen molar-refractivity contribution in [2.45, 2.75) is 38.1 Å². The zero-order valence-electron chi connectivity index (χ0n) is 13.5. The number of aromatic hydroxyl groups is 1. The number of non-ortho nitro benzene ring substituents is 1. The van der Waals surface area contributed by atoms with Gasteiger partial charge in [-0.05, 0) is 30.4 Å². The minimum atomic E-state index is -0.469. The molecular formula is C16H19N5O3S. The highest BCUT2D eigenvalue weighted by molar-refractivity contribution is 7.11. The van der Waals surface area contributed by atoms with Gasteiger partial charge < -0.3 is 15.7 Å². The van der Waals surface area contributed by atoms with Gasteiger partial charge in [-0.25, -0.2) is 0 Å². The molecule has 0 atom stereocenters. The molecule has 1 aromatic heterocycles. The zero-order chi connectivity index (χ0) is 17.8. The van der Waals surface area contributed by atoms with Crippen molar-refractivity contribution < 1.29 is 10.0 Å². The summed E-state index contributed by atoms with van der Waals surface area (Å²) in [6, 6.07) is 6.30. The van der Waals surface area contributed by atoms with Gasteiger partial charge in [0.1, 0.15) is 16.4 Å². The predicted octanol–water partition coefficient (Wildman–Crippen LogP) is 3.75. The van der Waals surface area contributed by atoms with Crippen LogP contribution in [0.1, 0.15) is 37.7 Å². The minimum absolute atomic E-state index is 0.0318. The van der Waals surface area contributed by atoms with Gasteiger partial charge in [0.15, 0.2) is 0 Å². The number of hydrogen-bond donors (Lipinski definition) is 4. The predicted molar refractivity (Wildman–Crippen MR) is 97.0 cm³/mol. The lowest BCUT2D eigenvalue weighted by molar-refractivity contribution is -0.384. The number of anilines is 2. The van der Waals surface area contributed by atoms with Crippen molar-refractivity contribution in [2.24, 2.45) is 0 Å². The smallest absolute Gasteiger partial charge is 0.271 e. The number of nitro groups is 1. The number of aromatic nitrogens is 1. The Bertz CT molecular complexity index is 786. The Labute approximate surface area is 148 Å². The molecular weight excluding hydrogens is 342 g/mol. The minimum Gasteiger partial charge on any atom is -0.492 e. The standard InChI is InChI=1S/C16H19N5O3S/c17-14(18-10-5-2-1-3-6-10)13-15(22)20-25-16(13)19-11-7-4-8-12(9-11)21(23)24/h4,7-10,19H,1-3,5-6H2,(H2,17,18)(H,20,22). The first-order chi connectivity index (χ1) is 12.0. The second-order valence-corrected chi connectivity index (χ2v) is 6.77. The Morgan fingerprint density at radius 1 is 1.36 bits per heavy atom. The fourth-order valence-electron chi connectivity index (χ4n) is 2.94. The van der Waals surface area contributed by atoms with E-state index >= 15 is 0 Å². The van der Waals surface area contributed by atoms with Crippen molar-refractivity contribution in [3.05, 3.63) is 39.9 Å². The molecule has 9 heteroatoms. The number of amidine groups is 1. The van der Waals surface area contributed by atoms with Crippen LogP contribution in [0.2, 0.25) is 0 Å². The Morgan fingerprint density at radius 3 is 2.84 bits per heavy atom. The highest BCUT2D eigenvalue weighted by Gasteiger charge is 2.22. The van der Waals surface area contributed by atoms with E-state index in [9.17, 15) is 15.2 Å². The molecule has 1 fully saturated rings. The first kappa shape index (κ1) is 17.2. The molecule has 4 N–H and O–H groups in total. The molecule has 0 radical (unpaired) electrons. The fraction of sp³-hybridized carbons (Fsp3) is 0.375. The first-order valence-electron chi connectivity index (χ1n) is 8.10. The third-order valence-electron chi connectivity index (χ3n) is 4.19. The van der Waals surface area contributed by atoms with Crippen LogP contribution < -0.4 is 10.6 Å². The highest BCUT2D eigenvalue weighted by Crippen LogP contribution is 2.33. The fourth-order valence-corrected chi connectivity index (χ4v) is 3.66. The van der Waals surface area contributed by atoms with Gasteiger partial charge in [-0.2, -0.15) is 4.37 Å². The van der Waals surface area contributed by atoms with Gasteiger partial charge in [0.05, 0.1) is 4.92 Å². The molecule has 0 aliphatic heterocycles. The van der Waals surface area contributed by atoms with Crippen LogP contribution in [0, 0.1) is 15.5 Å². The van der Waals surface area contributed by atoms with Crippen LogP contribution in [0.5, 0.6) is 5.88 Å². The second kappa shape index (κ2) is 7.47. The summed E-state index contributed by atoms with van der Waals surface area (Å²) in [6.45, 7) is 0. The van der Waals surface area contributed by atoms with E-state index in [1.807, 2.05) is 0 Å². The molecule has 0 saturated heterocycles. The van der Waals surface area contributed by atoms with Gasteiger partial charge in [-0.1, -0.05) is 25.3 Å². The molecule has 25 heavy (non-hydrogen) atoms. The quantitative estimate of drug-likeness (QED) is 0.278. The summed E-state index contributed by atoms with van der Waals surface area (Å²) >= 11 is 1.01. The number of nitrogens with zero attached hydrogens (tertiary/aromatic N) is 2. The van der Waals surface area contributed by atoms with Crippen LogP contribution in [0.3, 0.4) is 0 Å². The van der Waals surface area contributed by atoms with E-state index in [0.717, 1.165) is 37.2 Å². The third kappa shape index (κ3) is 4.05. The lowest BCUT2D eigenvalue weighted by Crippen LogP contribution is -2.36. The van der Waals surface area contributed by atoms with Gasteiger partial charge in [0.2, 0.25) is 5.88 Å². The van der Waals surface area contributed by atoms with Crippen LogP contribution in [-0.2, 0) is 0 Å². The summed E-state index contributed by atoms with van der Waals surface area (Å²) in [5.74, 6) is -0.0997. The average molecular weight is 361 g/mol. The molecule has 0 bridgehead atoms. The largest absolute Gasteiger partial charge is 0.492 e. The molecule has 132 valence electrons. The van der Waals surface area contributed by atoms with Crippen molar-refractivity contribution in [3.63, 3.8) is 0 Å². The number of hydrogen-bond acceptors (Lipinski definition) is 7. The van der Waals surface area contributed by atoms with Crippen LogP contribution in [0.15, 0.2) is 24.3 Å². The van der Waals surface area contributed by atoms with Gasteiger partial charge in [0, 0.05) is 23.9 Å². The Hall–Kier alpha value is -2.68. The van der Waals surface area contributed by atoms with Crippen molar-refractivity contribution in [1.29, 1.82) is 5.41 Å². The highest BCUT2D eigenvalue weighted by atomic mass is 32.1. The van der Waals surface area contributed by atoms with Gasteiger partial charge in [0.25, 0.3) is 5.69 Å². The normalized spacial score (nSPS) is 14.9. The zero-order valence-corrected chi connectivity index (χ0v) is 14.3. The molecule has 1 aliphatic rings. The molecule has 1 heterocycles. The SMILES string of the molecule is N=C(NC1CCCCC1)c1c(O)nsc1Nc1cccc([N+](=O)[O-])c1. The Balaban J connectivity index is 1.78. The summed E-state index contributed by atoms with van der Waals surface area (Å²) in [5, 5.41) is 35.9. The number of benzene rings is 1. The monoisotopic (exact) mass is 361 g/mol. The van der Waals surface area contributed by atoms with Crippen LogP contribution in [0.4, 0.5) is 16.4 Å². The van der Waals surface area contributed by atoms with E-state index in [-0.39, 0.29) is 23.4 Å². The molecule has 8 nitrogen and oxygen atoms in total. The van der Waals surface area contributed by atoms with Crippen molar-refractivity contribution in [1.82, 2.24) is 9.69 Å². The summed E-state index contributed by atoms with van der Waals surface area (Å²) in [6.07, 6.45) is 5.51. The van der Waals surface area contributed by atoms with Crippen LogP contribution in [-0.4, -0.2) is 26.3 Å². The molecule has 0 unspecified atom stereocenters. The molecule has 1 aliphatic carbocycles. The lowest BCUT2D eigenvalue weighted by Gasteiger charge is -2.24. The molecule has 3 rings (SSSR count). The van der Waals surface area contributed by atoms with Crippen LogP contribution in [0.25, 0.3) is 0 Å². The van der Waals surface area contributed by atoms with Crippen molar-refractivity contribution in [2.75, 3.05) is 5.32 Å². The van der Waals surface area contributed by atoms with E-state index in [1.165, 1.54) is 18.6 Å². The van der Waals surface area contributed by atoms with E-state index in [1.54, 1.807) is 12.1 Å². The van der Waals surface area contributed by atoms with Gasteiger partial charge >= 0.3 is 0 Å². The maximum Gasteiger partial charge on any atom is 0.271 e.